The van der Waals surface area contributed by atoms with Crippen LogP contribution in [0.15, 0.2) is 0 Å². The van der Waals surface area contributed by atoms with Gasteiger partial charge in [-0.1, -0.05) is 0 Å². The predicted octanol–water partition coefficient (Wildman–Crippen LogP) is 0.468. The summed E-state index contributed by atoms with van der Waals surface area (Å²) in [7, 11) is 0. The first-order chi connectivity index (χ1) is 6.63. The molecule has 15 heavy (non-hydrogen) atoms. The highest BCUT2D eigenvalue weighted by Gasteiger charge is 2.28. The standard InChI is InChI=1S/C9H16FNO4/c1-9(2,3)15-8(14)5(10)4-6(11)7(12)13/h5-6H,4,11H2,1-3H3,(H,12,13)/t5-,6+/m1/s1. The number of esters is 1. The van der Waals surface area contributed by atoms with Crippen molar-refractivity contribution in [2.45, 2.75) is 45.0 Å². The molecule has 2 atom stereocenters. The minimum Gasteiger partial charge on any atom is -0.480 e. The first-order valence-electron chi connectivity index (χ1n) is 4.49. The maximum atomic E-state index is 13.1. The first kappa shape index (κ1) is 13.8. The van der Waals surface area contributed by atoms with Gasteiger partial charge in [0, 0.05) is 6.42 Å². The van der Waals surface area contributed by atoms with Gasteiger partial charge in [-0.25, -0.2) is 9.18 Å². The Hall–Kier alpha value is -1.17. The van der Waals surface area contributed by atoms with E-state index in [9.17, 15) is 14.0 Å². The van der Waals surface area contributed by atoms with Gasteiger partial charge in [-0.2, -0.15) is 0 Å². The maximum Gasteiger partial charge on any atom is 0.341 e. The topological polar surface area (TPSA) is 89.6 Å². The zero-order valence-corrected chi connectivity index (χ0v) is 8.99. The number of nitrogens with two attached hydrogens (primary N) is 1. The van der Waals surface area contributed by atoms with Crippen molar-refractivity contribution in [2.75, 3.05) is 0 Å². The van der Waals surface area contributed by atoms with Crippen LogP contribution in [-0.4, -0.2) is 34.9 Å². The molecule has 0 spiro atoms. The number of ether oxygens (including phenoxy) is 1. The van der Waals surface area contributed by atoms with E-state index in [1.54, 1.807) is 20.8 Å². The third-order valence-corrected chi connectivity index (χ3v) is 1.44. The second-order valence-corrected chi connectivity index (χ2v) is 4.18. The van der Waals surface area contributed by atoms with Crippen LogP contribution in [0.3, 0.4) is 0 Å². The lowest BCUT2D eigenvalue weighted by molar-refractivity contribution is -0.161. The molecule has 0 heterocycles. The fourth-order valence-electron chi connectivity index (χ4n) is 0.786. The quantitative estimate of drug-likeness (QED) is 0.673. The molecular weight excluding hydrogens is 205 g/mol. The molecule has 0 aliphatic rings. The lowest BCUT2D eigenvalue weighted by Crippen LogP contribution is -2.37. The van der Waals surface area contributed by atoms with Gasteiger partial charge < -0.3 is 15.6 Å². The Labute approximate surface area is 87.4 Å². The Morgan fingerprint density at radius 1 is 1.47 bits per heavy atom. The van der Waals surface area contributed by atoms with Crippen molar-refractivity contribution in [3.8, 4) is 0 Å². The van der Waals surface area contributed by atoms with Crippen molar-refractivity contribution >= 4 is 11.9 Å². The molecule has 3 N–H and O–H groups in total. The van der Waals surface area contributed by atoms with E-state index >= 15 is 0 Å². The molecule has 0 bridgehead atoms. The minimum absolute atomic E-state index is 0.579. The summed E-state index contributed by atoms with van der Waals surface area (Å²) >= 11 is 0. The van der Waals surface area contributed by atoms with Gasteiger partial charge in [0.2, 0.25) is 0 Å². The number of rotatable bonds is 4. The average molecular weight is 221 g/mol. The van der Waals surface area contributed by atoms with Crippen molar-refractivity contribution in [1.29, 1.82) is 0 Å². The van der Waals surface area contributed by atoms with Crippen LogP contribution >= 0.6 is 0 Å². The molecule has 0 fully saturated rings. The van der Waals surface area contributed by atoms with E-state index in [4.69, 9.17) is 15.6 Å². The Balaban J connectivity index is 4.17. The maximum absolute atomic E-state index is 13.1. The number of halogens is 1. The highest BCUT2D eigenvalue weighted by molar-refractivity contribution is 5.78. The predicted molar refractivity (Wildman–Crippen MR) is 51.0 cm³/mol. The van der Waals surface area contributed by atoms with Crippen molar-refractivity contribution in [3.63, 3.8) is 0 Å². The second kappa shape index (κ2) is 5.06. The molecule has 0 aliphatic heterocycles. The molecule has 0 unspecified atom stereocenters. The molecule has 0 aromatic heterocycles. The Morgan fingerprint density at radius 2 is 1.93 bits per heavy atom. The van der Waals surface area contributed by atoms with Crippen LogP contribution in [0.2, 0.25) is 0 Å². The summed E-state index contributed by atoms with van der Waals surface area (Å²) in [6.45, 7) is 4.78. The van der Waals surface area contributed by atoms with Crippen LogP contribution in [0.25, 0.3) is 0 Å². The number of carboxylic acid groups (broad SMARTS) is 1. The molecule has 0 aliphatic carbocycles. The van der Waals surface area contributed by atoms with Crippen LogP contribution < -0.4 is 5.73 Å². The van der Waals surface area contributed by atoms with E-state index in [0.29, 0.717) is 0 Å². The van der Waals surface area contributed by atoms with Gasteiger partial charge in [-0.3, -0.25) is 4.79 Å². The lowest BCUT2D eigenvalue weighted by Gasteiger charge is -2.21. The molecule has 0 aromatic rings. The van der Waals surface area contributed by atoms with Crippen LogP contribution in [0.4, 0.5) is 4.39 Å². The molecule has 0 saturated heterocycles. The number of hydrogen-bond acceptors (Lipinski definition) is 4. The fourth-order valence-corrected chi connectivity index (χ4v) is 0.786. The smallest absolute Gasteiger partial charge is 0.341 e. The zero-order valence-electron chi connectivity index (χ0n) is 8.99. The van der Waals surface area contributed by atoms with Gasteiger partial charge in [-0.05, 0) is 20.8 Å². The van der Waals surface area contributed by atoms with Gasteiger partial charge in [0.15, 0.2) is 6.17 Å². The third kappa shape index (κ3) is 6.01. The zero-order chi connectivity index (χ0) is 12.2. The summed E-state index contributed by atoms with van der Waals surface area (Å²) in [6.07, 6.45) is -2.58. The van der Waals surface area contributed by atoms with Crippen LogP contribution in [0.5, 0.6) is 0 Å². The van der Waals surface area contributed by atoms with E-state index in [-0.39, 0.29) is 0 Å². The van der Waals surface area contributed by atoms with E-state index in [2.05, 4.69) is 0 Å². The summed E-state index contributed by atoms with van der Waals surface area (Å²) in [6, 6.07) is -1.40. The Kier molecular flexibility index (Phi) is 4.67. The number of hydrogen-bond donors (Lipinski definition) is 2. The van der Waals surface area contributed by atoms with Gasteiger partial charge in [0.1, 0.15) is 11.6 Å². The number of aliphatic carboxylic acids is 1. The van der Waals surface area contributed by atoms with Gasteiger partial charge in [0.25, 0.3) is 0 Å². The molecule has 88 valence electrons. The normalized spacial score (nSPS) is 15.5. The molecule has 0 rings (SSSR count). The number of carbonyl (C=O) groups excluding carboxylic acids is 1. The highest BCUT2D eigenvalue weighted by atomic mass is 19.1. The first-order valence-corrected chi connectivity index (χ1v) is 4.49. The summed E-state index contributed by atoms with van der Waals surface area (Å²) < 4.78 is 17.8. The SMILES string of the molecule is CC(C)(C)OC(=O)[C@H](F)C[C@H](N)C(=O)O. The van der Waals surface area contributed by atoms with E-state index in [1.807, 2.05) is 0 Å². The van der Waals surface area contributed by atoms with Gasteiger partial charge in [0.05, 0.1) is 0 Å². The number of carboxylic acids is 1. The fraction of sp³-hybridized carbons (Fsp3) is 0.778. The lowest BCUT2D eigenvalue weighted by atomic mass is 10.1. The average Bonchev–Trinajstić information content (AvgIpc) is 2.00. The molecule has 0 amide bonds. The summed E-state index contributed by atoms with van der Waals surface area (Å²) in [5.74, 6) is -2.43. The molecule has 0 radical (unpaired) electrons. The van der Waals surface area contributed by atoms with Crippen molar-refractivity contribution in [3.05, 3.63) is 0 Å². The van der Waals surface area contributed by atoms with Gasteiger partial charge >= 0.3 is 11.9 Å². The summed E-state index contributed by atoms with van der Waals surface area (Å²) in [5.41, 5.74) is 4.27. The molecular formula is C9H16FNO4. The van der Waals surface area contributed by atoms with E-state index in [1.165, 1.54) is 0 Å². The largest absolute Gasteiger partial charge is 0.480 e. The van der Waals surface area contributed by atoms with Crippen LogP contribution in [0, 0.1) is 0 Å². The van der Waals surface area contributed by atoms with E-state index in [0.717, 1.165) is 0 Å². The van der Waals surface area contributed by atoms with Crippen molar-refractivity contribution in [2.24, 2.45) is 5.73 Å². The monoisotopic (exact) mass is 221 g/mol. The molecule has 6 heteroatoms. The Morgan fingerprint density at radius 3 is 2.27 bits per heavy atom. The van der Waals surface area contributed by atoms with E-state index < -0.39 is 36.2 Å². The minimum atomic E-state index is -2.00. The molecule has 5 nitrogen and oxygen atoms in total. The molecule has 0 saturated carbocycles. The second-order valence-electron chi connectivity index (χ2n) is 4.18. The Bertz CT molecular complexity index is 249. The summed E-state index contributed by atoms with van der Waals surface area (Å²) in [4.78, 5) is 21.4. The summed E-state index contributed by atoms with van der Waals surface area (Å²) in [5, 5.41) is 8.40. The highest BCUT2D eigenvalue weighted by Crippen LogP contribution is 2.12. The van der Waals surface area contributed by atoms with Gasteiger partial charge in [-0.15, -0.1) is 0 Å². The van der Waals surface area contributed by atoms with Crippen molar-refractivity contribution < 1.29 is 23.8 Å². The number of alkyl halides is 1. The number of carbonyl (C=O) groups is 2. The van der Waals surface area contributed by atoms with Crippen molar-refractivity contribution in [1.82, 2.24) is 0 Å². The third-order valence-electron chi connectivity index (χ3n) is 1.44. The van der Waals surface area contributed by atoms with Crippen LogP contribution in [-0.2, 0) is 14.3 Å². The van der Waals surface area contributed by atoms with Crippen LogP contribution in [0.1, 0.15) is 27.2 Å². The molecule has 0 aromatic carbocycles.